The maximum absolute atomic E-state index is 5.93. The zero-order chi connectivity index (χ0) is 14.6. The lowest BCUT2D eigenvalue weighted by Gasteiger charge is -2.22. The van der Waals surface area contributed by atoms with Crippen molar-refractivity contribution in [1.29, 1.82) is 0 Å². The van der Waals surface area contributed by atoms with Crippen LogP contribution in [-0.4, -0.2) is 10.5 Å². The molecule has 0 fully saturated rings. The predicted octanol–water partition coefficient (Wildman–Crippen LogP) is 3.92. The van der Waals surface area contributed by atoms with Crippen LogP contribution in [0.25, 0.3) is 0 Å². The van der Waals surface area contributed by atoms with E-state index in [0.717, 1.165) is 17.2 Å². The van der Waals surface area contributed by atoms with Crippen LogP contribution >= 0.6 is 11.3 Å². The first-order valence-corrected chi connectivity index (χ1v) is 7.67. The number of aryl methyl sites for hydroxylation is 1. The predicted molar refractivity (Wildman–Crippen MR) is 84.2 cm³/mol. The lowest BCUT2D eigenvalue weighted by atomic mass is 10.1. The monoisotopic (exact) mass is 290 g/mol. The minimum atomic E-state index is 0.0959. The van der Waals surface area contributed by atoms with E-state index in [1.54, 1.807) is 11.3 Å². The quantitative estimate of drug-likeness (QED) is 0.906. The van der Waals surface area contributed by atoms with Gasteiger partial charge in [0.25, 0.3) is 0 Å². The Hall–Kier alpha value is -1.39. The summed E-state index contributed by atoms with van der Waals surface area (Å²) in [6.07, 6.45) is 1.85. The Labute approximate surface area is 125 Å². The van der Waals surface area contributed by atoms with Crippen molar-refractivity contribution in [1.82, 2.24) is 10.3 Å². The highest BCUT2D eigenvalue weighted by molar-refractivity contribution is 7.09. The van der Waals surface area contributed by atoms with Crippen molar-refractivity contribution in [3.05, 3.63) is 45.9 Å². The van der Waals surface area contributed by atoms with Crippen LogP contribution in [0.5, 0.6) is 5.75 Å². The van der Waals surface area contributed by atoms with E-state index >= 15 is 0 Å². The fraction of sp³-hybridized carbons (Fsp3) is 0.438. The lowest BCUT2D eigenvalue weighted by Crippen LogP contribution is -2.35. The molecule has 4 heteroatoms. The molecule has 0 aliphatic rings. The molecular formula is C16H22N2OS. The molecule has 0 atom stereocenters. The van der Waals surface area contributed by atoms with E-state index in [-0.39, 0.29) is 5.54 Å². The van der Waals surface area contributed by atoms with Crippen molar-refractivity contribution in [2.75, 3.05) is 0 Å². The summed E-state index contributed by atoms with van der Waals surface area (Å²) in [5.74, 6) is 0.945. The molecule has 1 aromatic heterocycles. The number of nitrogens with zero attached hydrogens (tertiary/aromatic N) is 1. The van der Waals surface area contributed by atoms with Crippen molar-refractivity contribution in [2.45, 2.75) is 46.4 Å². The Morgan fingerprint density at radius 1 is 1.30 bits per heavy atom. The molecule has 0 aliphatic heterocycles. The molecule has 0 amide bonds. The van der Waals surface area contributed by atoms with Gasteiger partial charge < -0.3 is 10.1 Å². The third-order valence-electron chi connectivity index (χ3n) is 2.88. The molecule has 2 aromatic rings. The highest BCUT2D eigenvalue weighted by Gasteiger charge is 2.11. The number of ether oxygens (including phenoxy) is 1. The van der Waals surface area contributed by atoms with Crippen LogP contribution < -0.4 is 10.1 Å². The highest BCUT2D eigenvalue weighted by Crippen LogP contribution is 2.22. The van der Waals surface area contributed by atoms with Gasteiger partial charge in [0.2, 0.25) is 0 Å². The molecule has 20 heavy (non-hydrogen) atoms. The van der Waals surface area contributed by atoms with E-state index < -0.39 is 0 Å². The minimum absolute atomic E-state index is 0.0959. The smallest absolute Gasteiger partial charge is 0.124 e. The Kier molecular flexibility index (Phi) is 4.78. The van der Waals surface area contributed by atoms with Gasteiger partial charge in [-0.25, -0.2) is 0 Å². The van der Waals surface area contributed by atoms with Crippen molar-refractivity contribution < 1.29 is 4.74 Å². The first-order valence-electron chi connectivity index (χ1n) is 6.79. The van der Waals surface area contributed by atoms with Gasteiger partial charge >= 0.3 is 0 Å². The summed E-state index contributed by atoms with van der Waals surface area (Å²) in [5.41, 5.74) is 4.37. The van der Waals surface area contributed by atoms with Gasteiger partial charge in [-0.15, -0.1) is 11.3 Å². The number of aromatic nitrogens is 1. The average molecular weight is 290 g/mol. The first kappa shape index (κ1) is 15.0. The minimum Gasteiger partial charge on any atom is -0.488 e. The fourth-order valence-corrected chi connectivity index (χ4v) is 2.32. The number of rotatable bonds is 5. The summed E-state index contributed by atoms with van der Waals surface area (Å²) in [5, 5.41) is 3.51. The molecule has 3 nitrogen and oxygen atoms in total. The van der Waals surface area contributed by atoms with Crippen LogP contribution in [0, 0.1) is 6.92 Å². The molecule has 1 heterocycles. The van der Waals surface area contributed by atoms with Gasteiger partial charge in [0.05, 0.1) is 10.4 Å². The molecule has 0 saturated heterocycles. The maximum atomic E-state index is 5.93. The molecule has 1 aromatic carbocycles. The molecule has 0 aliphatic carbocycles. The van der Waals surface area contributed by atoms with Crippen molar-refractivity contribution in [3.8, 4) is 5.75 Å². The van der Waals surface area contributed by atoms with Crippen molar-refractivity contribution >= 4 is 11.3 Å². The van der Waals surface area contributed by atoms with E-state index in [1.165, 1.54) is 11.1 Å². The van der Waals surface area contributed by atoms with E-state index in [1.807, 2.05) is 11.7 Å². The zero-order valence-electron chi connectivity index (χ0n) is 12.6. The van der Waals surface area contributed by atoms with Crippen molar-refractivity contribution in [3.63, 3.8) is 0 Å². The van der Waals surface area contributed by atoms with Crippen LogP contribution in [-0.2, 0) is 13.2 Å². The summed E-state index contributed by atoms with van der Waals surface area (Å²) in [6, 6.07) is 6.32. The van der Waals surface area contributed by atoms with Crippen LogP contribution in [0.1, 0.15) is 36.8 Å². The van der Waals surface area contributed by atoms with Gasteiger partial charge in [-0.1, -0.05) is 17.7 Å². The number of hydrogen-bond donors (Lipinski definition) is 1. The molecule has 0 bridgehead atoms. The third kappa shape index (κ3) is 4.62. The maximum Gasteiger partial charge on any atom is 0.124 e. The third-order valence-corrected chi connectivity index (χ3v) is 3.63. The van der Waals surface area contributed by atoms with Gasteiger partial charge in [-0.05, 0) is 33.8 Å². The van der Waals surface area contributed by atoms with Gasteiger partial charge in [0, 0.05) is 23.8 Å². The molecule has 1 N–H and O–H groups in total. The number of thiazole rings is 1. The summed E-state index contributed by atoms with van der Waals surface area (Å²) >= 11 is 1.62. The lowest BCUT2D eigenvalue weighted by molar-refractivity contribution is 0.303. The second-order valence-electron chi connectivity index (χ2n) is 5.97. The molecule has 0 spiro atoms. The highest BCUT2D eigenvalue weighted by atomic mass is 32.1. The largest absolute Gasteiger partial charge is 0.488 e. The number of nitrogens with one attached hydrogen (secondary N) is 1. The molecule has 0 saturated carbocycles. The number of benzene rings is 1. The van der Waals surface area contributed by atoms with Crippen LogP contribution in [0.15, 0.2) is 29.9 Å². The Bertz CT molecular complexity index is 544. The number of hydrogen-bond acceptors (Lipinski definition) is 4. The summed E-state index contributed by atoms with van der Waals surface area (Å²) in [7, 11) is 0. The summed E-state index contributed by atoms with van der Waals surface area (Å²) in [4.78, 5) is 5.20. The second-order valence-corrected chi connectivity index (χ2v) is 6.94. The SMILES string of the molecule is Cc1ccc(OCc2cncs2)c(CNC(C)(C)C)c1. The fourth-order valence-electron chi connectivity index (χ4n) is 1.81. The molecule has 2 rings (SSSR count). The van der Waals surface area contributed by atoms with Gasteiger partial charge in [-0.3, -0.25) is 4.98 Å². The standard InChI is InChI=1S/C16H22N2OS/c1-12-5-6-15(19-10-14-9-17-11-20-14)13(7-12)8-18-16(2,3)4/h5-7,9,11,18H,8,10H2,1-4H3. The molecule has 108 valence electrons. The van der Waals surface area contributed by atoms with Crippen molar-refractivity contribution in [2.24, 2.45) is 0 Å². The second kappa shape index (κ2) is 6.37. The average Bonchev–Trinajstić information content (AvgIpc) is 2.87. The Morgan fingerprint density at radius 3 is 2.75 bits per heavy atom. The molecule has 0 radical (unpaired) electrons. The Morgan fingerprint density at radius 2 is 2.10 bits per heavy atom. The van der Waals surface area contributed by atoms with Gasteiger partial charge in [-0.2, -0.15) is 0 Å². The van der Waals surface area contributed by atoms with E-state index in [9.17, 15) is 0 Å². The van der Waals surface area contributed by atoms with Crippen LogP contribution in [0.2, 0.25) is 0 Å². The Balaban J connectivity index is 2.07. The molecular weight excluding hydrogens is 268 g/mol. The van der Waals surface area contributed by atoms with E-state index in [2.05, 4.69) is 56.2 Å². The van der Waals surface area contributed by atoms with E-state index in [0.29, 0.717) is 6.61 Å². The van der Waals surface area contributed by atoms with Crippen LogP contribution in [0.4, 0.5) is 0 Å². The zero-order valence-corrected chi connectivity index (χ0v) is 13.4. The normalized spacial score (nSPS) is 11.6. The summed E-state index contributed by atoms with van der Waals surface area (Å²) < 4.78 is 5.93. The first-order chi connectivity index (χ1) is 9.44. The van der Waals surface area contributed by atoms with Gasteiger partial charge in [0.1, 0.15) is 12.4 Å². The topological polar surface area (TPSA) is 34.1 Å². The van der Waals surface area contributed by atoms with Crippen LogP contribution in [0.3, 0.4) is 0 Å². The van der Waals surface area contributed by atoms with E-state index in [4.69, 9.17) is 4.74 Å². The van der Waals surface area contributed by atoms with Gasteiger partial charge in [0.15, 0.2) is 0 Å². The summed E-state index contributed by atoms with van der Waals surface area (Å²) in [6.45, 7) is 9.99. The molecule has 0 unspecified atom stereocenters.